The van der Waals surface area contributed by atoms with Crippen LogP contribution < -0.4 is 5.32 Å². The predicted octanol–water partition coefficient (Wildman–Crippen LogP) is 2.84. The summed E-state index contributed by atoms with van der Waals surface area (Å²) >= 11 is 0. The van der Waals surface area contributed by atoms with Gasteiger partial charge in [-0.1, -0.05) is 6.92 Å². The summed E-state index contributed by atoms with van der Waals surface area (Å²) in [5.41, 5.74) is 4.11. The van der Waals surface area contributed by atoms with E-state index < -0.39 is 0 Å². The largest absolute Gasteiger partial charge is 0.312 e. The summed E-state index contributed by atoms with van der Waals surface area (Å²) in [4.78, 5) is 9.32. The lowest BCUT2D eigenvalue weighted by Gasteiger charge is -2.29. The molecule has 3 nitrogen and oxygen atoms in total. The van der Waals surface area contributed by atoms with Crippen LogP contribution in [0.1, 0.15) is 56.9 Å². The van der Waals surface area contributed by atoms with Crippen molar-refractivity contribution in [2.75, 3.05) is 6.54 Å². The topological polar surface area (TPSA) is 37.8 Å². The highest BCUT2D eigenvalue weighted by atomic mass is 14.9. The molecule has 1 atom stereocenters. The number of nitrogens with zero attached hydrogens (tertiary/aromatic N) is 2. The van der Waals surface area contributed by atoms with E-state index in [-0.39, 0.29) is 5.54 Å². The van der Waals surface area contributed by atoms with Crippen molar-refractivity contribution in [2.24, 2.45) is 5.92 Å². The molecule has 106 valence electrons. The molecule has 0 radical (unpaired) electrons. The van der Waals surface area contributed by atoms with Gasteiger partial charge in [0.05, 0.1) is 0 Å². The third-order valence-corrected chi connectivity index (χ3v) is 3.87. The molecule has 1 N–H and O–H groups in total. The zero-order valence-electron chi connectivity index (χ0n) is 13.0. The standard InChI is InChI=1S/C16H27N3/c1-6-15-18-11(2)13-9-12(7-8-14(13)19-15)10-17-16(3,4)5/h12,17H,6-10H2,1-5H3. The molecule has 0 aromatic carbocycles. The van der Waals surface area contributed by atoms with Gasteiger partial charge in [0.25, 0.3) is 0 Å². The molecule has 0 amide bonds. The first-order valence-electron chi connectivity index (χ1n) is 7.49. The molecule has 1 unspecified atom stereocenters. The van der Waals surface area contributed by atoms with Gasteiger partial charge in [-0.3, -0.25) is 0 Å². The number of nitrogens with one attached hydrogen (secondary N) is 1. The summed E-state index contributed by atoms with van der Waals surface area (Å²) in [7, 11) is 0. The van der Waals surface area contributed by atoms with E-state index in [1.165, 1.54) is 23.4 Å². The minimum Gasteiger partial charge on any atom is -0.312 e. The highest BCUT2D eigenvalue weighted by molar-refractivity contribution is 5.28. The number of fused-ring (bicyclic) bond motifs is 1. The molecule has 0 fully saturated rings. The highest BCUT2D eigenvalue weighted by Crippen LogP contribution is 2.26. The number of aryl methyl sites for hydroxylation is 3. The Kier molecular flexibility index (Phi) is 4.24. The molecule has 3 heteroatoms. The molecule has 0 aliphatic heterocycles. The van der Waals surface area contributed by atoms with Gasteiger partial charge in [0, 0.05) is 23.3 Å². The zero-order chi connectivity index (χ0) is 14.0. The first-order valence-corrected chi connectivity index (χ1v) is 7.49. The fourth-order valence-corrected chi connectivity index (χ4v) is 2.70. The monoisotopic (exact) mass is 261 g/mol. The predicted molar refractivity (Wildman–Crippen MR) is 79.4 cm³/mol. The fourth-order valence-electron chi connectivity index (χ4n) is 2.70. The molecule has 0 bridgehead atoms. The Morgan fingerprint density at radius 3 is 2.63 bits per heavy atom. The molecule has 1 heterocycles. The van der Waals surface area contributed by atoms with Crippen LogP contribution in [0.15, 0.2) is 0 Å². The summed E-state index contributed by atoms with van der Waals surface area (Å²) in [5.74, 6) is 1.73. The van der Waals surface area contributed by atoms with Crippen LogP contribution in [-0.2, 0) is 19.3 Å². The SMILES string of the molecule is CCc1nc(C)c2c(n1)CCC(CNC(C)(C)C)C2. The van der Waals surface area contributed by atoms with Crippen molar-refractivity contribution in [3.8, 4) is 0 Å². The summed E-state index contributed by atoms with van der Waals surface area (Å²) in [6, 6.07) is 0. The second-order valence-corrected chi connectivity index (χ2v) is 6.74. The molecule has 2 rings (SSSR count). The normalized spacial score (nSPS) is 19.3. The molecule has 1 aromatic heterocycles. The Labute approximate surface area is 117 Å². The van der Waals surface area contributed by atoms with Crippen LogP contribution in [0.5, 0.6) is 0 Å². The maximum Gasteiger partial charge on any atom is 0.128 e. The highest BCUT2D eigenvalue weighted by Gasteiger charge is 2.23. The van der Waals surface area contributed by atoms with Crippen molar-refractivity contribution in [2.45, 2.75) is 65.8 Å². The van der Waals surface area contributed by atoms with E-state index in [1.807, 2.05) is 0 Å². The van der Waals surface area contributed by atoms with Crippen LogP contribution in [0.2, 0.25) is 0 Å². The van der Waals surface area contributed by atoms with Gasteiger partial charge in [0.1, 0.15) is 5.82 Å². The molecule has 0 saturated heterocycles. The van der Waals surface area contributed by atoms with Gasteiger partial charge in [-0.25, -0.2) is 9.97 Å². The smallest absolute Gasteiger partial charge is 0.128 e. The van der Waals surface area contributed by atoms with Gasteiger partial charge in [0.2, 0.25) is 0 Å². The van der Waals surface area contributed by atoms with Gasteiger partial charge in [-0.05, 0) is 65.0 Å². The quantitative estimate of drug-likeness (QED) is 0.909. The Bertz CT molecular complexity index is 446. The van der Waals surface area contributed by atoms with Crippen molar-refractivity contribution in [3.05, 3.63) is 22.8 Å². The maximum absolute atomic E-state index is 4.70. The number of hydrogen-bond donors (Lipinski definition) is 1. The summed E-state index contributed by atoms with van der Waals surface area (Å²) in [6.45, 7) is 12.0. The molecule has 0 saturated carbocycles. The van der Waals surface area contributed by atoms with E-state index in [0.717, 1.165) is 37.5 Å². The fraction of sp³-hybridized carbons (Fsp3) is 0.750. The third-order valence-electron chi connectivity index (χ3n) is 3.87. The van der Waals surface area contributed by atoms with E-state index in [0.29, 0.717) is 0 Å². The van der Waals surface area contributed by atoms with Crippen molar-refractivity contribution < 1.29 is 0 Å². The van der Waals surface area contributed by atoms with Gasteiger partial charge in [0.15, 0.2) is 0 Å². The molecule has 0 spiro atoms. The summed E-state index contributed by atoms with van der Waals surface area (Å²) < 4.78 is 0. The number of hydrogen-bond acceptors (Lipinski definition) is 3. The van der Waals surface area contributed by atoms with Crippen LogP contribution >= 0.6 is 0 Å². The van der Waals surface area contributed by atoms with Crippen LogP contribution in [0, 0.1) is 12.8 Å². The van der Waals surface area contributed by atoms with E-state index in [1.54, 1.807) is 0 Å². The van der Waals surface area contributed by atoms with Crippen LogP contribution in [0.3, 0.4) is 0 Å². The lowest BCUT2D eigenvalue weighted by atomic mass is 9.85. The molecule has 1 aromatic rings. The van der Waals surface area contributed by atoms with E-state index in [9.17, 15) is 0 Å². The molecule has 19 heavy (non-hydrogen) atoms. The van der Waals surface area contributed by atoms with Crippen molar-refractivity contribution >= 4 is 0 Å². The van der Waals surface area contributed by atoms with Crippen LogP contribution in [0.25, 0.3) is 0 Å². The Hall–Kier alpha value is -0.960. The Balaban J connectivity index is 2.07. The van der Waals surface area contributed by atoms with Gasteiger partial charge in [-0.2, -0.15) is 0 Å². The summed E-state index contributed by atoms with van der Waals surface area (Å²) in [5, 5.41) is 3.62. The second-order valence-electron chi connectivity index (χ2n) is 6.74. The Morgan fingerprint density at radius 1 is 1.26 bits per heavy atom. The molecular formula is C16H27N3. The van der Waals surface area contributed by atoms with E-state index in [4.69, 9.17) is 4.98 Å². The van der Waals surface area contributed by atoms with Crippen LogP contribution in [-0.4, -0.2) is 22.1 Å². The minimum atomic E-state index is 0.206. The summed E-state index contributed by atoms with van der Waals surface area (Å²) in [6.07, 6.45) is 4.43. The number of aromatic nitrogens is 2. The third kappa shape index (κ3) is 3.75. The lowest BCUT2D eigenvalue weighted by molar-refractivity contribution is 0.346. The van der Waals surface area contributed by atoms with Crippen molar-refractivity contribution in [1.29, 1.82) is 0 Å². The van der Waals surface area contributed by atoms with E-state index >= 15 is 0 Å². The van der Waals surface area contributed by atoms with Crippen LogP contribution in [0.4, 0.5) is 0 Å². The van der Waals surface area contributed by atoms with E-state index in [2.05, 4.69) is 44.9 Å². The first-order chi connectivity index (χ1) is 8.89. The molecule has 1 aliphatic rings. The van der Waals surface area contributed by atoms with Gasteiger partial charge < -0.3 is 5.32 Å². The first kappa shape index (κ1) is 14.4. The minimum absolute atomic E-state index is 0.206. The van der Waals surface area contributed by atoms with Crippen molar-refractivity contribution in [3.63, 3.8) is 0 Å². The average Bonchev–Trinajstić information content (AvgIpc) is 2.35. The van der Waals surface area contributed by atoms with Gasteiger partial charge >= 0.3 is 0 Å². The second kappa shape index (κ2) is 5.58. The molecule has 1 aliphatic carbocycles. The zero-order valence-corrected chi connectivity index (χ0v) is 13.0. The number of rotatable bonds is 3. The average molecular weight is 261 g/mol. The van der Waals surface area contributed by atoms with Crippen molar-refractivity contribution in [1.82, 2.24) is 15.3 Å². The maximum atomic E-state index is 4.70. The lowest BCUT2D eigenvalue weighted by Crippen LogP contribution is -2.40. The Morgan fingerprint density at radius 2 is 2.00 bits per heavy atom. The van der Waals surface area contributed by atoms with Gasteiger partial charge in [-0.15, -0.1) is 0 Å². The molecular weight excluding hydrogens is 234 g/mol.